The van der Waals surface area contributed by atoms with Crippen molar-refractivity contribution in [1.29, 1.82) is 0 Å². The predicted octanol–water partition coefficient (Wildman–Crippen LogP) is 7.02. The van der Waals surface area contributed by atoms with E-state index in [0.717, 1.165) is 30.9 Å². The van der Waals surface area contributed by atoms with Gasteiger partial charge in [0.25, 0.3) is 0 Å². The molecule has 0 bridgehead atoms. The highest BCUT2D eigenvalue weighted by Gasteiger charge is 2.65. The lowest BCUT2D eigenvalue weighted by molar-refractivity contribution is -0.227. The molecule has 0 spiro atoms. The van der Waals surface area contributed by atoms with Crippen molar-refractivity contribution in [2.45, 2.75) is 63.6 Å². The number of carbonyl (C=O) groups is 1. The lowest BCUT2D eigenvalue weighted by atomic mass is 9.79. The Labute approximate surface area is 205 Å². The van der Waals surface area contributed by atoms with Gasteiger partial charge >= 0.3 is 11.8 Å². The molecule has 2 aromatic rings. The molecule has 4 nitrogen and oxygen atoms in total. The second kappa shape index (κ2) is 11.2. The third-order valence-corrected chi connectivity index (χ3v) is 6.37. The summed E-state index contributed by atoms with van der Waals surface area (Å²) in [6.07, 6.45) is 5.62. The number of alkyl halides is 4. The van der Waals surface area contributed by atoms with Crippen LogP contribution in [-0.4, -0.2) is 38.8 Å². The van der Waals surface area contributed by atoms with Gasteiger partial charge < -0.3 is 14.2 Å². The Morgan fingerprint density at radius 1 is 0.833 bits per heavy atom. The lowest BCUT2D eigenvalue weighted by Gasteiger charge is -2.35. The molecule has 2 aliphatic rings. The zero-order valence-electron chi connectivity index (χ0n) is 20.2. The molecule has 0 aromatic heterocycles. The van der Waals surface area contributed by atoms with E-state index in [1.54, 1.807) is 7.11 Å². The van der Waals surface area contributed by atoms with Crippen molar-refractivity contribution < 1.29 is 45.3 Å². The Kier molecular flexibility index (Phi) is 8.71. The van der Waals surface area contributed by atoms with Crippen molar-refractivity contribution in [1.82, 2.24) is 0 Å². The maximum atomic E-state index is 14.4. The Balaban J connectivity index is 0.000000275. The second-order valence-electron chi connectivity index (χ2n) is 8.48. The average Bonchev–Trinajstić information content (AvgIpc) is 2.85. The smallest absolute Gasteiger partial charge is 0.343 e. The third-order valence-electron chi connectivity index (χ3n) is 6.37. The first kappa shape index (κ1) is 28.0. The summed E-state index contributed by atoms with van der Waals surface area (Å²) in [7, 11) is 1.80. The van der Waals surface area contributed by atoms with Crippen LogP contribution in [0.4, 0.5) is 26.3 Å². The minimum atomic E-state index is -5.05. The summed E-state index contributed by atoms with van der Waals surface area (Å²) in [6, 6.07) is 3.74. The van der Waals surface area contributed by atoms with Gasteiger partial charge in [-0.15, -0.1) is 0 Å². The number of aldehydes is 1. The van der Waals surface area contributed by atoms with Gasteiger partial charge in [-0.05, 0) is 68.9 Å². The molecule has 0 saturated heterocycles. The highest BCUT2D eigenvalue weighted by Crippen LogP contribution is 2.59. The SMILES string of the molecule is CCOC1CCC(OC)CC1.CCOc1ccc2c(c1F)C(F)(F)C(F)(F)c1c-2ccc(C=O)c1F. The van der Waals surface area contributed by atoms with Crippen molar-refractivity contribution in [2.75, 3.05) is 20.3 Å². The Morgan fingerprint density at radius 2 is 1.36 bits per heavy atom. The molecule has 36 heavy (non-hydrogen) atoms. The Bertz CT molecular complexity index is 1080. The van der Waals surface area contributed by atoms with Crippen LogP contribution in [-0.2, 0) is 21.3 Å². The molecule has 0 amide bonds. The molecule has 198 valence electrons. The summed E-state index contributed by atoms with van der Waals surface area (Å²) < 4.78 is 102. The monoisotopic (exact) mass is 518 g/mol. The number of carbonyl (C=O) groups excluding carboxylic acids is 1. The molecule has 2 aliphatic carbocycles. The quantitative estimate of drug-likeness (QED) is 0.305. The Morgan fingerprint density at radius 3 is 1.86 bits per heavy atom. The van der Waals surface area contributed by atoms with Crippen LogP contribution < -0.4 is 4.74 Å². The van der Waals surface area contributed by atoms with E-state index in [-0.39, 0.29) is 12.9 Å². The van der Waals surface area contributed by atoms with E-state index in [0.29, 0.717) is 12.2 Å². The zero-order valence-corrected chi connectivity index (χ0v) is 20.2. The molecule has 0 N–H and O–H groups in total. The molecule has 0 heterocycles. The van der Waals surface area contributed by atoms with Crippen molar-refractivity contribution in [3.8, 4) is 16.9 Å². The number of halogens is 6. The largest absolute Gasteiger partial charge is 0.491 e. The standard InChI is InChI=1S/C17H10F6O2.C9H18O2/c1-2-25-11-6-5-10-9-4-3-8(7-24)14(18)12(9)16(20,21)17(22,23)13(10)15(11)19;1-3-11-9-6-4-8(10-2)5-7-9/h3-7H,2H2,1H3;8-9H,3-7H2,1-2H3. The maximum Gasteiger partial charge on any atom is 0.343 e. The summed E-state index contributed by atoms with van der Waals surface area (Å²) >= 11 is 0. The molecule has 1 saturated carbocycles. The molecule has 4 rings (SSSR count). The van der Waals surface area contributed by atoms with Gasteiger partial charge in [-0.2, -0.15) is 17.6 Å². The molecule has 0 aliphatic heterocycles. The van der Waals surface area contributed by atoms with Crippen molar-refractivity contribution in [3.63, 3.8) is 0 Å². The van der Waals surface area contributed by atoms with Crippen LogP contribution in [0.3, 0.4) is 0 Å². The fourth-order valence-electron chi connectivity index (χ4n) is 4.55. The number of fused-ring (bicyclic) bond motifs is 3. The molecular formula is C26H28F6O4. The van der Waals surface area contributed by atoms with E-state index in [1.807, 2.05) is 0 Å². The highest BCUT2D eigenvalue weighted by molar-refractivity contribution is 5.83. The first-order chi connectivity index (χ1) is 17.0. The van der Waals surface area contributed by atoms with Crippen molar-refractivity contribution >= 4 is 6.29 Å². The van der Waals surface area contributed by atoms with E-state index in [1.165, 1.54) is 32.6 Å². The molecule has 2 aromatic carbocycles. The van der Waals surface area contributed by atoms with Crippen molar-refractivity contribution in [3.05, 3.63) is 52.6 Å². The first-order valence-electron chi connectivity index (χ1n) is 11.7. The van der Waals surface area contributed by atoms with Crippen LogP contribution in [0, 0.1) is 11.6 Å². The summed E-state index contributed by atoms with van der Waals surface area (Å²) in [4.78, 5) is 10.8. The van der Waals surface area contributed by atoms with Crippen LogP contribution in [0.25, 0.3) is 11.1 Å². The van der Waals surface area contributed by atoms with E-state index in [4.69, 9.17) is 14.2 Å². The average molecular weight is 518 g/mol. The lowest BCUT2D eigenvalue weighted by Crippen LogP contribution is -2.41. The minimum Gasteiger partial charge on any atom is -0.491 e. The molecular weight excluding hydrogens is 490 g/mol. The van der Waals surface area contributed by atoms with Gasteiger partial charge in [0.2, 0.25) is 0 Å². The van der Waals surface area contributed by atoms with Gasteiger partial charge in [0, 0.05) is 13.7 Å². The number of hydrogen-bond donors (Lipinski definition) is 0. The zero-order chi connectivity index (χ0) is 26.7. The van der Waals surface area contributed by atoms with Gasteiger partial charge in [0.05, 0.1) is 35.5 Å². The molecule has 10 heteroatoms. The van der Waals surface area contributed by atoms with Gasteiger partial charge in [0.15, 0.2) is 17.9 Å². The second-order valence-corrected chi connectivity index (χ2v) is 8.48. The summed E-state index contributed by atoms with van der Waals surface area (Å²) in [5.74, 6) is -14.1. The van der Waals surface area contributed by atoms with E-state index in [2.05, 4.69) is 6.92 Å². The van der Waals surface area contributed by atoms with Gasteiger partial charge in [-0.25, -0.2) is 8.78 Å². The highest BCUT2D eigenvalue weighted by atomic mass is 19.3. The molecule has 0 atom stereocenters. The van der Waals surface area contributed by atoms with E-state index in [9.17, 15) is 31.1 Å². The number of rotatable bonds is 6. The van der Waals surface area contributed by atoms with Crippen LogP contribution in [0.1, 0.15) is 61.0 Å². The number of hydrogen-bond acceptors (Lipinski definition) is 4. The third kappa shape index (κ3) is 4.98. The molecule has 0 radical (unpaired) electrons. The normalized spacial score (nSPS) is 21.5. The Hall–Kier alpha value is -2.59. The van der Waals surface area contributed by atoms with Crippen LogP contribution in [0.5, 0.6) is 5.75 Å². The predicted molar refractivity (Wildman–Crippen MR) is 121 cm³/mol. The molecule has 0 unspecified atom stereocenters. The summed E-state index contributed by atoms with van der Waals surface area (Å²) in [6.45, 7) is 4.31. The van der Waals surface area contributed by atoms with Gasteiger partial charge in [-0.3, -0.25) is 4.79 Å². The summed E-state index contributed by atoms with van der Waals surface area (Å²) in [5, 5.41) is 0. The fraction of sp³-hybridized carbons (Fsp3) is 0.500. The number of methoxy groups -OCH3 is 1. The van der Waals surface area contributed by atoms with Gasteiger partial charge in [0.1, 0.15) is 5.82 Å². The summed E-state index contributed by atoms with van der Waals surface area (Å²) in [5.41, 5.74) is -5.16. The number of ether oxygens (including phenoxy) is 3. The van der Waals surface area contributed by atoms with E-state index >= 15 is 0 Å². The van der Waals surface area contributed by atoms with Crippen molar-refractivity contribution in [2.24, 2.45) is 0 Å². The van der Waals surface area contributed by atoms with Crippen LogP contribution in [0.15, 0.2) is 24.3 Å². The van der Waals surface area contributed by atoms with E-state index < -0.39 is 57.0 Å². The van der Waals surface area contributed by atoms with Gasteiger partial charge in [-0.1, -0.05) is 6.07 Å². The number of benzene rings is 2. The van der Waals surface area contributed by atoms with Crippen LogP contribution >= 0.6 is 0 Å². The molecule has 1 fully saturated rings. The van der Waals surface area contributed by atoms with Crippen LogP contribution in [0.2, 0.25) is 0 Å². The maximum absolute atomic E-state index is 14.4. The first-order valence-corrected chi connectivity index (χ1v) is 11.7. The topological polar surface area (TPSA) is 44.8 Å². The minimum absolute atomic E-state index is 0.0574. The fourth-order valence-corrected chi connectivity index (χ4v) is 4.55.